The van der Waals surface area contributed by atoms with Gasteiger partial charge in [0.15, 0.2) is 0 Å². The van der Waals surface area contributed by atoms with Crippen molar-refractivity contribution in [2.45, 2.75) is 32.2 Å². The van der Waals surface area contributed by atoms with Crippen LogP contribution in [0.5, 0.6) is 5.75 Å². The second-order valence-electron chi connectivity index (χ2n) is 4.51. The molecule has 0 amide bonds. The smallest absolute Gasteiger partial charge is 0.305 e. The number of rotatable bonds is 5. The minimum absolute atomic E-state index is 0.125. The van der Waals surface area contributed by atoms with Gasteiger partial charge in [0.1, 0.15) is 5.75 Å². The molecule has 2 rings (SSSR count). The van der Waals surface area contributed by atoms with Crippen molar-refractivity contribution in [2.75, 3.05) is 18.1 Å². The highest BCUT2D eigenvalue weighted by atomic mass is 16.5. The highest BCUT2D eigenvalue weighted by molar-refractivity contribution is 5.69. The largest absolute Gasteiger partial charge is 0.494 e. The molecule has 1 N–H and O–H groups in total. The molecule has 0 spiro atoms. The van der Waals surface area contributed by atoms with Crippen molar-refractivity contribution in [2.24, 2.45) is 0 Å². The van der Waals surface area contributed by atoms with E-state index >= 15 is 0 Å². The summed E-state index contributed by atoms with van der Waals surface area (Å²) in [6.07, 6.45) is 2.23. The van der Waals surface area contributed by atoms with Gasteiger partial charge in [0, 0.05) is 18.3 Å². The molecule has 1 aromatic carbocycles. The number of anilines is 1. The van der Waals surface area contributed by atoms with E-state index in [1.54, 1.807) is 0 Å². The zero-order chi connectivity index (χ0) is 13.0. The van der Waals surface area contributed by atoms with Gasteiger partial charge in [-0.1, -0.05) is 0 Å². The van der Waals surface area contributed by atoms with Crippen LogP contribution < -0.4 is 9.64 Å². The molecule has 1 aliphatic rings. The highest BCUT2D eigenvalue weighted by Crippen LogP contribution is 2.28. The van der Waals surface area contributed by atoms with Crippen molar-refractivity contribution in [3.8, 4) is 5.75 Å². The molecule has 1 saturated heterocycles. The highest BCUT2D eigenvalue weighted by Gasteiger charge is 2.26. The number of hydrogen-bond donors (Lipinski definition) is 1. The Morgan fingerprint density at radius 3 is 2.78 bits per heavy atom. The Labute approximate surface area is 107 Å². The first-order valence-corrected chi connectivity index (χ1v) is 6.42. The van der Waals surface area contributed by atoms with Gasteiger partial charge in [-0.15, -0.1) is 0 Å². The summed E-state index contributed by atoms with van der Waals surface area (Å²) in [4.78, 5) is 13.0. The molecule has 1 atom stereocenters. The normalized spacial score (nSPS) is 18.9. The summed E-state index contributed by atoms with van der Waals surface area (Å²) >= 11 is 0. The molecule has 0 aromatic heterocycles. The molecule has 1 unspecified atom stereocenters. The lowest BCUT2D eigenvalue weighted by Gasteiger charge is -2.25. The average Bonchev–Trinajstić information content (AvgIpc) is 2.78. The molecule has 4 heteroatoms. The second-order valence-corrected chi connectivity index (χ2v) is 4.51. The van der Waals surface area contributed by atoms with Crippen LogP contribution in [0.25, 0.3) is 0 Å². The van der Waals surface area contributed by atoms with Crippen LogP contribution in [0.1, 0.15) is 26.2 Å². The van der Waals surface area contributed by atoms with Crippen LogP contribution >= 0.6 is 0 Å². The number of carboxylic acid groups (broad SMARTS) is 1. The van der Waals surface area contributed by atoms with Crippen LogP contribution in [0, 0.1) is 0 Å². The molecule has 0 aliphatic carbocycles. The Balaban J connectivity index is 2.07. The predicted octanol–water partition coefficient (Wildman–Crippen LogP) is 2.53. The summed E-state index contributed by atoms with van der Waals surface area (Å²) in [5, 5.41) is 8.91. The summed E-state index contributed by atoms with van der Waals surface area (Å²) in [6.45, 7) is 3.55. The number of hydrogen-bond acceptors (Lipinski definition) is 3. The van der Waals surface area contributed by atoms with Gasteiger partial charge in [-0.25, -0.2) is 0 Å². The molecular formula is C14H19NO3. The topological polar surface area (TPSA) is 49.8 Å². The van der Waals surface area contributed by atoms with Gasteiger partial charge in [-0.05, 0) is 44.0 Å². The first-order chi connectivity index (χ1) is 8.70. The van der Waals surface area contributed by atoms with Gasteiger partial charge in [-0.2, -0.15) is 0 Å². The summed E-state index contributed by atoms with van der Waals surface area (Å²) in [6, 6.07) is 8.01. The Bertz CT molecular complexity index is 402. The van der Waals surface area contributed by atoms with Gasteiger partial charge < -0.3 is 14.7 Å². The zero-order valence-electron chi connectivity index (χ0n) is 10.6. The quantitative estimate of drug-likeness (QED) is 0.871. The van der Waals surface area contributed by atoms with Crippen molar-refractivity contribution in [3.05, 3.63) is 24.3 Å². The number of carbonyl (C=O) groups is 1. The average molecular weight is 249 g/mol. The number of carboxylic acids is 1. The molecule has 1 aromatic rings. The van der Waals surface area contributed by atoms with Gasteiger partial charge in [-0.3, -0.25) is 4.79 Å². The fourth-order valence-electron chi connectivity index (χ4n) is 2.49. The van der Waals surface area contributed by atoms with Crippen LogP contribution in [-0.4, -0.2) is 30.3 Å². The Morgan fingerprint density at radius 2 is 2.17 bits per heavy atom. The van der Waals surface area contributed by atoms with Crippen molar-refractivity contribution >= 4 is 11.7 Å². The van der Waals surface area contributed by atoms with Crippen molar-refractivity contribution in [1.82, 2.24) is 0 Å². The Morgan fingerprint density at radius 1 is 1.44 bits per heavy atom. The first kappa shape index (κ1) is 12.7. The molecular weight excluding hydrogens is 230 g/mol. The first-order valence-electron chi connectivity index (χ1n) is 6.42. The van der Waals surface area contributed by atoms with E-state index in [0.29, 0.717) is 6.61 Å². The van der Waals surface area contributed by atoms with E-state index in [-0.39, 0.29) is 12.5 Å². The molecule has 98 valence electrons. The molecule has 0 radical (unpaired) electrons. The maximum absolute atomic E-state index is 10.8. The van der Waals surface area contributed by atoms with Crippen molar-refractivity contribution in [3.63, 3.8) is 0 Å². The van der Waals surface area contributed by atoms with Gasteiger partial charge >= 0.3 is 5.97 Å². The number of aliphatic carboxylic acids is 1. The minimum atomic E-state index is -0.724. The van der Waals surface area contributed by atoms with E-state index in [2.05, 4.69) is 4.90 Å². The van der Waals surface area contributed by atoms with Gasteiger partial charge in [0.05, 0.1) is 13.0 Å². The maximum Gasteiger partial charge on any atom is 0.305 e. The van der Waals surface area contributed by atoms with Crippen LogP contribution in [0.4, 0.5) is 5.69 Å². The van der Waals surface area contributed by atoms with Gasteiger partial charge in [0.25, 0.3) is 0 Å². The summed E-state index contributed by atoms with van der Waals surface area (Å²) in [5.41, 5.74) is 1.09. The fourth-order valence-corrected chi connectivity index (χ4v) is 2.49. The summed E-state index contributed by atoms with van der Waals surface area (Å²) < 4.78 is 5.40. The van der Waals surface area contributed by atoms with E-state index < -0.39 is 5.97 Å². The monoisotopic (exact) mass is 249 g/mol. The summed E-state index contributed by atoms with van der Waals surface area (Å²) in [5.74, 6) is 0.132. The van der Waals surface area contributed by atoms with Crippen LogP contribution in [-0.2, 0) is 4.79 Å². The molecule has 18 heavy (non-hydrogen) atoms. The van der Waals surface area contributed by atoms with Crippen LogP contribution in [0.3, 0.4) is 0 Å². The number of ether oxygens (including phenoxy) is 1. The van der Waals surface area contributed by atoms with Crippen molar-refractivity contribution in [1.29, 1.82) is 0 Å². The third-order valence-electron chi connectivity index (χ3n) is 3.27. The lowest BCUT2D eigenvalue weighted by Crippen LogP contribution is -2.31. The predicted molar refractivity (Wildman–Crippen MR) is 70.2 cm³/mol. The minimum Gasteiger partial charge on any atom is -0.494 e. The fraction of sp³-hybridized carbons (Fsp3) is 0.500. The Hall–Kier alpha value is -1.71. The summed E-state index contributed by atoms with van der Waals surface area (Å²) in [7, 11) is 0. The van der Waals surface area contributed by atoms with E-state index in [4.69, 9.17) is 9.84 Å². The van der Waals surface area contributed by atoms with Gasteiger partial charge in [0.2, 0.25) is 0 Å². The molecule has 0 saturated carbocycles. The molecule has 4 nitrogen and oxygen atoms in total. The lowest BCUT2D eigenvalue weighted by molar-refractivity contribution is -0.137. The third-order valence-corrected chi connectivity index (χ3v) is 3.27. The Kier molecular flexibility index (Phi) is 4.07. The SMILES string of the molecule is CCOc1ccc(N2CCCC2CC(=O)O)cc1. The van der Waals surface area contributed by atoms with E-state index in [1.165, 1.54) is 0 Å². The van der Waals surface area contributed by atoms with E-state index in [0.717, 1.165) is 30.8 Å². The molecule has 1 heterocycles. The standard InChI is InChI=1S/C14H19NO3/c1-2-18-13-7-5-11(6-8-13)15-9-3-4-12(15)10-14(16)17/h5-8,12H,2-4,9-10H2,1H3,(H,16,17). The lowest BCUT2D eigenvalue weighted by atomic mass is 10.1. The molecule has 1 aliphatic heterocycles. The number of benzene rings is 1. The van der Waals surface area contributed by atoms with Crippen molar-refractivity contribution < 1.29 is 14.6 Å². The maximum atomic E-state index is 10.8. The van der Waals surface area contributed by atoms with E-state index in [9.17, 15) is 4.79 Å². The molecule has 0 bridgehead atoms. The van der Waals surface area contributed by atoms with Crippen LogP contribution in [0.2, 0.25) is 0 Å². The van der Waals surface area contributed by atoms with E-state index in [1.807, 2.05) is 31.2 Å². The zero-order valence-corrected chi connectivity index (χ0v) is 10.6. The third kappa shape index (κ3) is 2.94. The van der Waals surface area contributed by atoms with Crippen LogP contribution in [0.15, 0.2) is 24.3 Å². The molecule has 1 fully saturated rings. The second kappa shape index (κ2) is 5.76. The number of nitrogens with zero attached hydrogens (tertiary/aromatic N) is 1.